The summed E-state index contributed by atoms with van der Waals surface area (Å²) in [6.07, 6.45) is 4.60. The lowest BCUT2D eigenvalue weighted by atomic mass is 10.1. The number of hydrogen-bond acceptors (Lipinski definition) is 1. The minimum atomic E-state index is -0.303. The number of aryl methyl sites for hydroxylation is 1. The summed E-state index contributed by atoms with van der Waals surface area (Å²) in [6, 6.07) is 3.94. The number of carbonyl (C=O) groups excluding carboxylic acids is 1. The number of nitrogens with zero attached hydrogens (tertiary/aromatic N) is 1. The third-order valence-electron chi connectivity index (χ3n) is 2.13. The molecule has 0 radical (unpaired) electrons. The minimum absolute atomic E-state index is 0.303. The second kappa shape index (κ2) is 2.52. The third kappa shape index (κ3) is 1.03. The topological polar surface area (TPSA) is 48.0 Å². The van der Waals surface area contributed by atoms with Crippen LogP contribution in [0.25, 0.3) is 6.08 Å². The highest BCUT2D eigenvalue weighted by Crippen LogP contribution is 2.17. The summed E-state index contributed by atoms with van der Waals surface area (Å²) in [5.74, 6) is -0.303. The highest BCUT2D eigenvalue weighted by molar-refractivity contribution is 5.96. The van der Waals surface area contributed by atoms with Gasteiger partial charge >= 0.3 is 0 Å². The molecule has 0 aromatic carbocycles. The Bertz CT molecular complexity index is 349. The molecule has 2 rings (SSSR count). The van der Waals surface area contributed by atoms with E-state index in [2.05, 4.69) is 4.57 Å². The van der Waals surface area contributed by atoms with Crippen molar-refractivity contribution in [3.63, 3.8) is 0 Å². The van der Waals surface area contributed by atoms with Crippen LogP contribution in [0, 0.1) is 0 Å². The smallest absolute Gasteiger partial charge is 0.244 e. The summed E-state index contributed by atoms with van der Waals surface area (Å²) in [5, 5.41) is 0. The van der Waals surface area contributed by atoms with Gasteiger partial charge in [0, 0.05) is 24.0 Å². The Kier molecular flexibility index (Phi) is 1.50. The number of fused-ring (bicyclic) bond motifs is 1. The highest BCUT2D eigenvalue weighted by atomic mass is 16.1. The number of amides is 1. The molecule has 12 heavy (non-hydrogen) atoms. The van der Waals surface area contributed by atoms with E-state index in [1.807, 2.05) is 24.4 Å². The van der Waals surface area contributed by atoms with Gasteiger partial charge < -0.3 is 10.3 Å². The van der Waals surface area contributed by atoms with Crippen LogP contribution in [0.4, 0.5) is 0 Å². The van der Waals surface area contributed by atoms with Crippen LogP contribution in [-0.4, -0.2) is 10.5 Å². The molecule has 2 N–H and O–H groups in total. The first-order valence-electron chi connectivity index (χ1n) is 3.93. The van der Waals surface area contributed by atoms with Gasteiger partial charge in [-0.3, -0.25) is 4.79 Å². The third-order valence-corrected chi connectivity index (χ3v) is 2.13. The zero-order valence-electron chi connectivity index (χ0n) is 6.66. The zero-order chi connectivity index (χ0) is 8.55. The van der Waals surface area contributed by atoms with Crippen molar-refractivity contribution >= 4 is 12.0 Å². The number of hydrogen-bond donors (Lipinski definition) is 1. The summed E-state index contributed by atoms with van der Waals surface area (Å²) in [4.78, 5) is 10.8. The molecule has 1 amide bonds. The van der Waals surface area contributed by atoms with E-state index >= 15 is 0 Å². The lowest BCUT2D eigenvalue weighted by Crippen LogP contribution is -2.18. The molecule has 1 aromatic heterocycles. The first kappa shape index (κ1) is 7.16. The molecule has 0 atom stereocenters. The number of carbonyl (C=O) groups is 1. The number of primary amides is 1. The predicted octanol–water partition coefficient (Wildman–Crippen LogP) is 0.761. The van der Waals surface area contributed by atoms with E-state index in [9.17, 15) is 4.79 Å². The van der Waals surface area contributed by atoms with E-state index in [1.165, 1.54) is 0 Å². The van der Waals surface area contributed by atoms with Crippen molar-refractivity contribution in [2.45, 2.75) is 13.0 Å². The van der Waals surface area contributed by atoms with Gasteiger partial charge in [0.25, 0.3) is 0 Å². The predicted molar refractivity (Wildman–Crippen MR) is 46.2 cm³/mol. The van der Waals surface area contributed by atoms with E-state index in [0.29, 0.717) is 0 Å². The Balaban J connectivity index is 2.41. The van der Waals surface area contributed by atoms with Crippen molar-refractivity contribution in [3.05, 3.63) is 29.6 Å². The van der Waals surface area contributed by atoms with E-state index in [-0.39, 0.29) is 5.91 Å². The van der Waals surface area contributed by atoms with Crippen LogP contribution < -0.4 is 5.73 Å². The van der Waals surface area contributed by atoms with Crippen molar-refractivity contribution < 1.29 is 4.79 Å². The standard InChI is InChI=1S/C9H10N2O/c10-9(12)7-3-5-11-4-1-2-8(11)6-7/h1-2,4,6H,3,5H2,(H2,10,12). The lowest BCUT2D eigenvalue weighted by molar-refractivity contribution is -0.114. The molecule has 0 aliphatic carbocycles. The van der Waals surface area contributed by atoms with Crippen molar-refractivity contribution in [1.82, 2.24) is 4.57 Å². The van der Waals surface area contributed by atoms with E-state index in [4.69, 9.17) is 5.73 Å². The van der Waals surface area contributed by atoms with Gasteiger partial charge in [-0.2, -0.15) is 0 Å². The summed E-state index contributed by atoms with van der Waals surface area (Å²) in [6.45, 7) is 0.858. The molecule has 1 aliphatic rings. The first-order chi connectivity index (χ1) is 5.77. The van der Waals surface area contributed by atoms with Gasteiger partial charge in [-0.25, -0.2) is 0 Å². The maximum absolute atomic E-state index is 10.8. The number of rotatable bonds is 1. The maximum atomic E-state index is 10.8. The van der Waals surface area contributed by atoms with Crippen LogP contribution in [0.2, 0.25) is 0 Å². The fourth-order valence-electron chi connectivity index (χ4n) is 1.45. The average molecular weight is 162 g/mol. The molecular weight excluding hydrogens is 152 g/mol. The van der Waals surface area contributed by atoms with E-state index in [0.717, 1.165) is 24.2 Å². The van der Waals surface area contributed by atoms with Gasteiger partial charge in [0.15, 0.2) is 0 Å². The Morgan fingerprint density at radius 1 is 1.58 bits per heavy atom. The van der Waals surface area contributed by atoms with Crippen LogP contribution >= 0.6 is 0 Å². The summed E-state index contributed by atoms with van der Waals surface area (Å²) in [7, 11) is 0. The fraction of sp³-hybridized carbons (Fsp3) is 0.222. The van der Waals surface area contributed by atoms with Gasteiger partial charge in [-0.1, -0.05) is 0 Å². The van der Waals surface area contributed by atoms with Crippen molar-refractivity contribution in [3.8, 4) is 0 Å². The monoisotopic (exact) mass is 162 g/mol. The van der Waals surface area contributed by atoms with Crippen LogP contribution in [-0.2, 0) is 11.3 Å². The molecule has 62 valence electrons. The number of aromatic nitrogens is 1. The van der Waals surface area contributed by atoms with Crippen LogP contribution in [0.1, 0.15) is 12.1 Å². The second-order valence-electron chi connectivity index (χ2n) is 2.91. The molecule has 2 heterocycles. The zero-order valence-corrected chi connectivity index (χ0v) is 6.66. The lowest BCUT2D eigenvalue weighted by Gasteiger charge is -2.13. The molecule has 1 aliphatic heterocycles. The van der Waals surface area contributed by atoms with E-state index in [1.54, 1.807) is 0 Å². The Labute approximate surface area is 70.5 Å². The molecule has 0 unspecified atom stereocenters. The van der Waals surface area contributed by atoms with Gasteiger partial charge in [0.2, 0.25) is 5.91 Å². The molecule has 0 saturated heterocycles. The molecule has 0 fully saturated rings. The fourth-order valence-corrected chi connectivity index (χ4v) is 1.45. The summed E-state index contributed by atoms with van der Waals surface area (Å²) in [5.41, 5.74) is 6.96. The molecule has 3 heteroatoms. The van der Waals surface area contributed by atoms with Gasteiger partial charge in [0.05, 0.1) is 0 Å². The van der Waals surface area contributed by atoms with E-state index < -0.39 is 0 Å². The molecule has 0 spiro atoms. The quantitative estimate of drug-likeness (QED) is 0.651. The first-order valence-corrected chi connectivity index (χ1v) is 3.93. The van der Waals surface area contributed by atoms with Crippen molar-refractivity contribution in [2.75, 3.05) is 0 Å². The van der Waals surface area contributed by atoms with Gasteiger partial charge in [0.1, 0.15) is 0 Å². The molecule has 0 bridgehead atoms. The Morgan fingerprint density at radius 2 is 2.42 bits per heavy atom. The van der Waals surface area contributed by atoms with Gasteiger partial charge in [-0.05, 0) is 24.6 Å². The largest absolute Gasteiger partial charge is 0.366 e. The molecule has 3 nitrogen and oxygen atoms in total. The highest BCUT2D eigenvalue weighted by Gasteiger charge is 2.11. The minimum Gasteiger partial charge on any atom is -0.366 e. The Morgan fingerprint density at radius 3 is 3.17 bits per heavy atom. The molecular formula is C9H10N2O. The van der Waals surface area contributed by atoms with Crippen LogP contribution in [0.15, 0.2) is 23.9 Å². The van der Waals surface area contributed by atoms with Crippen molar-refractivity contribution in [2.24, 2.45) is 5.73 Å². The average Bonchev–Trinajstić information content (AvgIpc) is 2.49. The summed E-state index contributed by atoms with van der Waals surface area (Å²) >= 11 is 0. The van der Waals surface area contributed by atoms with Crippen LogP contribution in [0.3, 0.4) is 0 Å². The second-order valence-corrected chi connectivity index (χ2v) is 2.91. The van der Waals surface area contributed by atoms with Crippen LogP contribution in [0.5, 0.6) is 0 Å². The number of nitrogens with two attached hydrogens (primary N) is 1. The maximum Gasteiger partial charge on any atom is 0.244 e. The molecule has 1 aromatic rings. The SMILES string of the molecule is NC(=O)C1=Cc2cccn2CC1. The van der Waals surface area contributed by atoms with Crippen molar-refractivity contribution in [1.29, 1.82) is 0 Å². The summed E-state index contributed by atoms with van der Waals surface area (Å²) < 4.78 is 2.10. The van der Waals surface area contributed by atoms with Gasteiger partial charge in [-0.15, -0.1) is 0 Å². The normalized spacial score (nSPS) is 15.2. The Hall–Kier alpha value is -1.51. The molecule has 0 saturated carbocycles.